The molecule has 0 aliphatic heterocycles. The van der Waals surface area contributed by atoms with Crippen LogP contribution in [0.4, 0.5) is 0 Å². The average Bonchev–Trinajstić information content (AvgIpc) is 2.49. The van der Waals surface area contributed by atoms with Crippen LogP contribution >= 0.6 is 0 Å². The van der Waals surface area contributed by atoms with Gasteiger partial charge in [-0.3, -0.25) is 0 Å². The first-order chi connectivity index (χ1) is 9.63. The Balaban J connectivity index is 2.25. The van der Waals surface area contributed by atoms with Crippen molar-refractivity contribution in [1.82, 2.24) is 4.98 Å². The molecule has 2 aromatic rings. The van der Waals surface area contributed by atoms with E-state index in [-0.39, 0.29) is 0 Å². The molecule has 4 nitrogen and oxygen atoms in total. The number of rotatable bonds is 4. The lowest BCUT2D eigenvalue weighted by Crippen LogP contribution is -2.06. The van der Waals surface area contributed by atoms with Crippen molar-refractivity contribution in [2.24, 2.45) is 0 Å². The molecule has 0 fully saturated rings. The molecule has 104 valence electrons. The normalized spacial score (nSPS) is 10.2. The van der Waals surface area contributed by atoms with Crippen molar-refractivity contribution < 1.29 is 14.3 Å². The van der Waals surface area contributed by atoms with Crippen LogP contribution in [0, 0.1) is 6.92 Å². The number of nitrogens with zero attached hydrogens (tertiary/aromatic N) is 1. The summed E-state index contributed by atoms with van der Waals surface area (Å²) in [5, 5.41) is 0. The fourth-order valence-corrected chi connectivity index (χ4v) is 1.94. The van der Waals surface area contributed by atoms with Gasteiger partial charge in [0.05, 0.1) is 14.2 Å². The smallest absolute Gasteiger partial charge is 0.356 e. The number of methoxy groups -OCH3 is 2. The first-order valence-electron chi connectivity index (χ1n) is 6.31. The van der Waals surface area contributed by atoms with Crippen LogP contribution in [0.1, 0.15) is 27.2 Å². The van der Waals surface area contributed by atoms with Gasteiger partial charge in [-0.25, -0.2) is 9.78 Å². The number of ether oxygens (including phenoxy) is 2. The summed E-state index contributed by atoms with van der Waals surface area (Å²) < 4.78 is 9.83. The molecule has 0 saturated carbocycles. The Morgan fingerprint density at radius 3 is 2.50 bits per heavy atom. The second kappa shape index (κ2) is 6.19. The summed E-state index contributed by atoms with van der Waals surface area (Å²) in [5.74, 6) is 0.413. The van der Waals surface area contributed by atoms with Crippen molar-refractivity contribution in [2.45, 2.75) is 13.3 Å². The van der Waals surface area contributed by atoms with Crippen LogP contribution in [0.2, 0.25) is 0 Å². The number of esters is 1. The Morgan fingerprint density at radius 1 is 1.20 bits per heavy atom. The third-order valence-electron chi connectivity index (χ3n) is 3.16. The molecule has 0 aliphatic carbocycles. The summed E-state index contributed by atoms with van der Waals surface area (Å²) in [7, 11) is 3.00. The zero-order valence-corrected chi connectivity index (χ0v) is 11.8. The molecule has 0 bridgehead atoms. The van der Waals surface area contributed by atoms with Crippen LogP contribution in [0.15, 0.2) is 36.5 Å². The lowest BCUT2D eigenvalue weighted by Gasteiger charge is -2.08. The number of benzene rings is 1. The van der Waals surface area contributed by atoms with E-state index < -0.39 is 5.97 Å². The van der Waals surface area contributed by atoms with E-state index in [1.165, 1.54) is 7.11 Å². The maximum atomic E-state index is 11.5. The van der Waals surface area contributed by atoms with Crippen molar-refractivity contribution in [2.75, 3.05) is 14.2 Å². The first-order valence-corrected chi connectivity index (χ1v) is 6.31. The summed E-state index contributed by atoms with van der Waals surface area (Å²) in [6.45, 7) is 1.98. The molecular weight excluding hydrogens is 254 g/mol. The van der Waals surface area contributed by atoms with E-state index in [1.54, 1.807) is 19.4 Å². The van der Waals surface area contributed by atoms with E-state index in [2.05, 4.69) is 4.98 Å². The Bertz CT molecular complexity index is 606. The number of aromatic nitrogens is 1. The van der Waals surface area contributed by atoms with E-state index in [9.17, 15) is 4.79 Å². The minimum atomic E-state index is -0.416. The van der Waals surface area contributed by atoms with Crippen LogP contribution < -0.4 is 4.74 Å². The van der Waals surface area contributed by atoms with Crippen molar-refractivity contribution in [3.05, 3.63) is 58.9 Å². The van der Waals surface area contributed by atoms with Gasteiger partial charge in [-0.1, -0.05) is 12.1 Å². The van der Waals surface area contributed by atoms with Gasteiger partial charge in [0.1, 0.15) is 11.4 Å². The Morgan fingerprint density at radius 2 is 1.90 bits per heavy atom. The second-order valence-corrected chi connectivity index (χ2v) is 4.51. The SMILES string of the molecule is COC(=O)c1cc(Cc2ccc(OC)cc2)c(C)cn1. The summed E-state index contributed by atoms with van der Waals surface area (Å²) in [4.78, 5) is 15.6. The second-order valence-electron chi connectivity index (χ2n) is 4.51. The zero-order chi connectivity index (χ0) is 14.5. The molecule has 0 aliphatic rings. The summed E-state index contributed by atoms with van der Waals surface area (Å²) in [6, 6.07) is 9.65. The molecule has 0 radical (unpaired) electrons. The molecule has 0 saturated heterocycles. The maximum absolute atomic E-state index is 11.5. The highest BCUT2D eigenvalue weighted by Crippen LogP contribution is 2.17. The van der Waals surface area contributed by atoms with Crippen LogP contribution in [0.25, 0.3) is 0 Å². The van der Waals surface area contributed by atoms with E-state index in [0.717, 1.165) is 28.9 Å². The molecule has 4 heteroatoms. The average molecular weight is 271 g/mol. The zero-order valence-electron chi connectivity index (χ0n) is 11.8. The van der Waals surface area contributed by atoms with E-state index in [4.69, 9.17) is 9.47 Å². The highest BCUT2D eigenvalue weighted by molar-refractivity contribution is 5.87. The third kappa shape index (κ3) is 3.15. The van der Waals surface area contributed by atoms with Gasteiger partial charge in [-0.15, -0.1) is 0 Å². The van der Waals surface area contributed by atoms with Crippen molar-refractivity contribution in [3.63, 3.8) is 0 Å². The number of hydrogen-bond acceptors (Lipinski definition) is 4. The largest absolute Gasteiger partial charge is 0.497 e. The Labute approximate surface area is 118 Å². The summed E-state index contributed by atoms with van der Waals surface area (Å²) >= 11 is 0. The minimum absolute atomic E-state index is 0.335. The fourth-order valence-electron chi connectivity index (χ4n) is 1.94. The van der Waals surface area contributed by atoms with Crippen molar-refractivity contribution in [1.29, 1.82) is 0 Å². The minimum Gasteiger partial charge on any atom is -0.497 e. The van der Waals surface area contributed by atoms with Gasteiger partial charge < -0.3 is 9.47 Å². The molecule has 0 amide bonds. The van der Waals surface area contributed by atoms with Gasteiger partial charge in [0.25, 0.3) is 0 Å². The van der Waals surface area contributed by atoms with Crippen molar-refractivity contribution in [3.8, 4) is 5.75 Å². The maximum Gasteiger partial charge on any atom is 0.356 e. The first kappa shape index (κ1) is 14.1. The topological polar surface area (TPSA) is 48.4 Å². The van der Waals surface area contributed by atoms with Crippen LogP contribution in [-0.2, 0) is 11.2 Å². The van der Waals surface area contributed by atoms with Gasteiger partial charge in [0, 0.05) is 6.20 Å². The predicted octanol–water partition coefficient (Wildman–Crippen LogP) is 2.78. The van der Waals surface area contributed by atoms with Crippen LogP contribution in [0.5, 0.6) is 5.75 Å². The lowest BCUT2D eigenvalue weighted by atomic mass is 10.0. The number of hydrogen-bond donors (Lipinski definition) is 0. The summed E-state index contributed by atoms with van der Waals surface area (Å²) in [5.41, 5.74) is 3.59. The van der Waals surface area contributed by atoms with E-state index >= 15 is 0 Å². The monoisotopic (exact) mass is 271 g/mol. The molecule has 1 aromatic carbocycles. The molecule has 0 atom stereocenters. The quantitative estimate of drug-likeness (QED) is 0.802. The Kier molecular flexibility index (Phi) is 4.35. The number of carbonyl (C=O) groups is 1. The van der Waals surface area contributed by atoms with E-state index in [1.807, 2.05) is 31.2 Å². The number of aryl methyl sites for hydroxylation is 1. The van der Waals surface area contributed by atoms with Crippen LogP contribution in [-0.4, -0.2) is 25.2 Å². The lowest BCUT2D eigenvalue weighted by molar-refractivity contribution is 0.0594. The molecule has 20 heavy (non-hydrogen) atoms. The van der Waals surface area contributed by atoms with Gasteiger partial charge in [-0.2, -0.15) is 0 Å². The van der Waals surface area contributed by atoms with Gasteiger partial charge >= 0.3 is 5.97 Å². The molecule has 0 spiro atoms. The molecule has 0 unspecified atom stereocenters. The third-order valence-corrected chi connectivity index (χ3v) is 3.16. The van der Waals surface area contributed by atoms with Crippen molar-refractivity contribution >= 4 is 5.97 Å². The van der Waals surface area contributed by atoms with Gasteiger partial charge in [0.2, 0.25) is 0 Å². The standard InChI is InChI=1S/C16H17NO3/c1-11-10-17-15(16(18)20-3)9-13(11)8-12-4-6-14(19-2)7-5-12/h4-7,9-10H,8H2,1-3H3. The Hall–Kier alpha value is -2.36. The fraction of sp³-hybridized carbons (Fsp3) is 0.250. The number of pyridine rings is 1. The van der Waals surface area contributed by atoms with Gasteiger partial charge in [-0.05, 0) is 48.2 Å². The molecule has 2 rings (SSSR count). The number of carbonyl (C=O) groups excluding carboxylic acids is 1. The predicted molar refractivity (Wildman–Crippen MR) is 76.1 cm³/mol. The highest BCUT2D eigenvalue weighted by Gasteiger charge is 2.10. The summed E-state index contributed by atoms with van der Waals surface area (Å²) in [6.07, 6.45) is 2.44. The molecule has 1 heterocycles. The van der Waals surface area contributed by atoms with Crippen LogP contribution in [0.3, 0.4) is 0 Å². The van der Waals surface area contributed by atoms with Gasteiger partial charge in [0.15, 0.2) is 0 Å². The highest BCUT2D eigenvalue weighted by atomic mass is 16.5. The van der Waals surface area contributed by atoms with E-state index in [0.29, 0.717) is 5.69 Å². The molecule has 1 aromatic heterocycles. The molecular formula is C16H17NO3. The molecule has 0 N–H and O–H groups in total.